The van der Waals surface area contributed by atoms with E-state index in [1.165, 1.54) is 0 Å². The van der Waals surface area contributed by atoms with Crippen molar-refractivity contribution in [1.82, 2.24) is 20.1 Å². The van der Waals surface area contributed by atoms with Gasteiger partial charge in [0.1, 0.15) is 0 Å². The number of ketones is 1. The second-order valence-electron chi connectivity index (χ2n) is 7.15. The van der Waals surface area contributed by atoms with E-state index in [0.29, 0.717) is 29.9 Å². The zero-order valence-corrected chi connectivity index (χ0v) is 19.1. The average molecular weight is 451 g/mol. The topological polar surface area (TPSA) is 76.9 Å². The Morgan fingerprint density at radius 3 is 2.55 bits per heavy atom. The molecule has 0 saturated heterocycles. The highest BCUT2D eigenvalue weighted by Crippen LogP contribution is 2.29. The van der Waals surface area contributed by atoms with Crippen molar-refractivity contribution < 1.29 is 9.59 Å². The van der Waals surface area contributed by atoms with Gasteiger partial charge in [-0.2, -0.15) is 5.10 Å². The van der Waals surface area contributed by atoms with Crippen molar-refractivity contribution >= 4 is 34.4 Å². The molecule has 0 unspecified atom stereocenters. The molecule has 0 spiro atoms. The van der Waals surface area contributed by atoms with Gasteiger partial charge in [0.15, 0.2) is 0 Å². The number of hydrogen-bond donors (Lipinski definition) is 1. The van der Waals surface area contributed by atoms with Crippen LogP contribution in [0.2, 0.25) is 0 Å². The highest BCUT2D eigenvalue weighted by Gasteiger charge is 2.24. The normalized spacial score (nSPS) is 10.9. The first-order valence-electron chi connectivity index (χ1n) is 9.89. The molecule has 0 aliphatic rings. The third-order valence-corrected chi connectivity index (χ3v) is 6.86. The van der Waals surface area contributed by atoms with Gasteiger partial charge in [-0.15, -0.1) is 22.7 Å². The van der Waals surface area contributed by atoms with E-state index in [0.717, 1.165) is 26.1 Å². The lowest BCUT2D eigenvalue weighted by molar-refractivity contribution is -0.116. The molecule has 0 atom stereocenters. The summed E-state index contributed by atoms with van der Waals surface area (Å²) in [7, 11) is 0. The molecule has 0 aliphatic heterocycles. The number of hydrogen-bond acceptors (Lipinski definition) is 6. The van der Waals surface area contributed by atoms with Crippen molar-refractivity contribution in [2.75, 3.05) is 6.54 Å². The van der Waals surface area contributed by atoms with Gasteiger partial charge in [0.05, 0.1) is 38.2 Å². The molecule has 0 saturated carbocycles. The number of nitrogens with zero attached hydrogens (tertiary/aromatic N) is 3. The molecule has 0 fully saturated rings. The monoisotopic (exact) mass is 450 g/mol. The number of carbonyl (C=O) groups is 2. The molecule has 3 heterocycles. The summed E-state index contributed by atoms with van der Waals surface area (Å²) in [6.45, 7) is 5.94. The quantitative estimate of drug-likeness (QED) is 0.332. The van der Waals surface area contributed by atoms with Crippen LogP contribution in [-0.4, -0.2) is 33.0 Å². The Morgan fingerprint density at radius 1 is 1.06 bits per heavy atom. The molecule has 31 heavy (non-hydrogen) atoms. The lowest BCUT2D eigenvalue weighted by atomic mass is 10.1. The van der Waals surface area contributed by atoms with Gasteiger partial charge >= 0.3 is 0 Å². The van der Waals surface area contributed by atoms with Crippen LogP contribution in [0.1, 0.15) is 31.6 Å². The predicted octanol–water partition coefficient (Wildman–Crippen LogP) is 4.52. The van der Waals surface area contributed by atoms with Crippen molar-refractivity contribution in [1.29, 1.82) is 0 Å². The van der Waals surface area contributed by atoms with Gasteiger partial charge in [-0.25, -0.2) is 9.67 Å². The summed E-state index contributed by atoms with van der Waals surface area (Å²) < 4.78 is 1.70. The third-order valence-electron chi connectivity index (χ3n) is 4.92. The fraction of sp³-hybridized carbons (Fsp3) is 0.217. The molecule has 0 aliphatic carbocycles. The van der Waals surface area contributed by atoms with Crippen molar-refractivity contribution in [3.8, 4) is 16.3 Å². The van der Waals surface area contributed by atoms with Gasteiger partial charge in [0.25, 0.3) is 11.7 Å². The smallest absolute Gasteiger partial charge is 0.292 e. The van der Waals surface area contributed by atoms with Crippen LogP contribution < -0.4 is 5.32 Å². The van der Waals surface area contributed by atoms with E-state index in [1.54, 1.807) is 41.2 Å². The first-order chi connectivity index (χ1) is 14.9. The maximum atomic E-state index is 12.8. The largest absolute Gasteiger partial charge is 0.349 e. The maximum Gasteiger partial charge on any atom is 0.292 e. The second-order valence-corrected chi connectivity index (χ2v) is 9.38. The summed E-state index contributed by atoms with van der Waals surface area (Å²) in [6.07, 6.45) is 0.661. The van der Waals surface area contributed by atoms with E-state index >= 15 is 0 Å². The number of aromatic nitrogens is 3. The Balaban J connectivity index is 1.39. The maximum absolute atomic E-state index is 12.8. The van der Waals surface area contributed by atoms with Gasteiger partial charge in [-0.3, -0.25) is 9.59 Å². The van der Waals surface area contributed by atoms with Gasteiger partial charge in [0.2, 0.25) is 0 Å². The summed E-state index contributed by atoms with van der Waals surface area (Å²) in [6, 6.07) is 13.7. The Bertz CT molecular complexity index is 1240. The summed E-state index contributed by atoms with van der Waals surface area (Å²) in [5.41, 5.74) is 3.40. The summed E-state index contributed by atoms with van der Waals surface area (Å²) in [5.74, 6) is -1.16. The zero-order valence-electron chi connectivity index (χ0n) is 17.5. The van der Waals surface area contributed by atoms with Gasteiger partial charge in [-0.05, 0) is 51.5 Å². The molecule has 158 valence electrons. The number of thiophene rings is 1. The minimum absolute atomic E-state index is 0.360. The lowest BCUT2D eigenvalue weighted by Crippen LogP contribution is -2.33. The van der Waals surface area contributed by atoms with Crippen LogP contribution in [0.15, 0.2) is 47.8 Å². The summed E-state index contributed by atoms with van der Waals surface area (Å²) >= 11 is 3.28. The van der Waals surface area contributed by atoms with Crippen LogP contribution in [0, 0.1) is 20.8 Å². The van der Waals surface area contributed by atoms with Crippen molar-refractivity contribution in [3.63, 3.8) is 0 Å². The van der Waals surface area contributed by atoms with Crippen molar-refractivity contribution in [3.05, 3.63) is 74.7 Å². The number of carbonyl (C=O) groups excluding carboxylic acids is 2. The number of rotatable bonds is 7. The number of aryl methyl sites for hydroxylation is 2. The van der Waals surface area contributed by atoms with Gasteiger partial charge < -0.3 is 5.32 Å². The first-order valence-corrected chi connectivity index (χ1v) is 11.6. The average Bonchev–Trinajstić information content (AvgIpc) is 3.47. The van der Waals surface area contributed by atoms with Gasteiger partial charge in [-0.1, -0.05) is 18.2 Å². The standard InChI is InChI=1S/C23H22N4O2S2/c1-14-21(15(2)27(26-14)17-7-5-4-6-8-17)22(28)23(29)24-12-11-18-9-10-20(31-18)19-13-30-16(3)25-19/h4-10,13H,11-12H2,1-3H3,(H,24,29). The van der Waals surface area contributed by atoms with Gasteiger partial charge in [0, 0.05) is 16.8 Å². The molecule has 6 nitrogen and oxygen atoms in total. The van der Waals surface area contributed by atoms with E-state index in [-0.39, 0.29) is 0 Å². The molecular weight excluding hydrogens is 428 g/mol. The van der Waals surface area contributed by atoms with E-state index in [4.69, 9.17) is 0 Å². The number of Topliss-reactive ketones (excluding diaryl/α,β-unsaturated/α-hetero) is 1. The third kappa shape index (κ3) is 4.50. The van der Waals surface area contributed by atoms with E-state index in [2.05, 4.69) is 15.4 Å². The van der Waals surface area contributed by atoms with Crippen LogP contribution >= 0.6 is 22.7 Å². The fourth-order valence-electron chi connectivity index (χ4n) is 3.41. The highest BCUT2D eigenvalue weighted by atomic mass is 32.1. The highest BCUT2D eigenvalue weighted by molar-refractivity contribution is 7.16. The Labute approximate surface area is 188 Å². The molecule has 0 radical (unpaired) electrons. The van der Waals surface area contributed by atoms with Crippen LogP contribution in [-0.2, 0) is 11.2 Å². The zero-order chi connectivity index (χ0) is 22.0. The van der Waals surface area contributed by atoms with E-state index in [1.807, 2.05) is 54.8 Å². The number of para-hydroxylation sites is 1. The Morgan fingerprint density at radius 2 is 1.84 bits per heavy atom. The van der Waals surface area contributed by atoms with Crippen LogP contribution in [0.25, 0.3) is 16.3 Å². The van der Waals surface area contributed by atoms with Crippen molar-refractivity contribution in [2.24, 2.45) is 0 Å². The predicted molar refractivity (Wildman–Crippen MR) is 124 cm³/mol. The second kappa shape index (κ2) is 8.95. The minimum atomic E-state index is -0.606. The van der Waals surface area contributed by atoms with Crippen LogP contribution in [0.4, 0.5) is 0 Å². The summed E-state index contributed by atoms with van der Waals surface area (Å²) in [4.78, 5) is 32.1. The number of amides is 1. The molecule has 1 aromatic carbocycles. The fourth-order valence-corrected chi connectivity index (χ4v) is 5.07. The Hall–Kier alpha value is -3.10. The molecule has 1 N–H and O–H groups in total. The number of thiazole rings is 1. The first kappa shape index (κ1) is 21.1. The number of nitrogens with one attached hydrogen (secondary N) is 1. The number of benzene rings is 1. The molecule has 3 aromatic heterocycles. The van der Waals surface area contributed by atoms with E-state index in [9.17, 15) is 9.59 Å². The molecule has 1 amide bonds. The Kier molecular flexibility index (Phi) is 6.11. The van der Waals surface area contributed by atoms with E-state index < -0.39 is 11.7 Å². The minimum Gasteiger partial charge on any atom is -0.349 e. The molecule has 4 rings (SSSR count). The lowest BCUT2D eigenvalue weighted by Gasteiger charge is -2.06. The molecular formula is C23H22N4O2S2. The molecule has 8 heteroatoms. The van der Waals surface area contributed by atoms with Crippen LogP contribution in [0.5, 0.6) is 0 Å². The van der Waals surface area contributed by atoms with Crippen LogP contribution in [0.3, 0.4) is 0 Å². The molecule has 0 bridgehead atoms. The SMILES string of the molecule is Cc1nc(-c2ccc(CCNC(=O)C(=O)c3c(C)nn(-c4ccccc4)c3C)s2)cs1. The van der Waals surface area contributed by atoms with Crippen molar-refractivity contribution in [2.45, 2.75) is 27.2 Å². The molecule has 4 aromatic rings. The summed E-state index contributed by atoms with van der Waals surface area (Å²) in [5, 5.41) is 10.3.